The molecule has 0 N–H and O–H groups in total. The number of rotatable bonds is 4. The zero-order valence-electron chi connectivity index (χ0n) is 13.2. The molecule has 116 valence electrons. The Morgan fingerprint density at radius 2 is 2.14 bits per heavy atom. The van der Waals surface area contributed by atoms with E-state index in [0.29, 0.717) is 24.7 Å². The van der Waals surface area contributed by atoms with Crippen molar-refractivity contribution in [1.82, 2.24) is 15.0 Å². The molecule has 1 atom stereocenters. The van der Waals surface area contributed by atoms with Gasteiger partial charge in [0.05, 0.1) is 0 Å². The molecule has 2 heterocycles. The Labute approximate surface area is 130 Å². The third-order valence-electron chi connectivity index (χ3n) is 4.19. The molecule has 1 fully saturated rings. The van der Waals surface area contributed by atoms with Gasteiger partial charge in [-0.1, -0.05) is 43.3 Å². The maximum Gasteiger partial charge on any atom is 0.249 e. The number of likely N-dealkylation sites (tertiary alicyclic amines) is 1. The van der Waals surface area contributed by atoms with E-state index < -0.39 is 0 Å². The molecule has 1 unspecified atom stereocenters. The normalized spacial score (nSPS) is 18.5. The van der Waals surface area contributed by atoms with Crippen LogP contribution in [0.25, 0.3) is 0 Å². The van der Waals surface area contributed by atoms with E-state index in [1.54, 1.807) is 0 Å². The summed E-state index contributed by atoms with van der Waals surface area (Å²) in [5.74, 6) is 1.63. The lowest BCUT2D eigenvalue weighted by Gasteiger charge is -2.23. The predicted octanol–water partition coefficient (Wildman–Crippen LogP) is 3.37. The number of aromatic nitrogens is 2. The molecule has 1 saturated heterocycles. The molecule has 5 nitrogen and oxygen atoms in total. The number of aryl methyl sites for hydroxylation is 1. The van der Waals surface area contributed by atoms with Crippen molar-refractivity contribution in [3.05, 3.63) is 47.1 Å². The fourth-order valence-electron chi connectivity index (χ4n) is 2.78. The number of benzene rings is 1. The Balaban J connectivity index is 1.84. The molecular formula is C17H21N3O2. The van der Waals surface area contributed by atoms with Gasteiger partial charge in [0.1, 0.15) is 6.04 Å². The van der Waals surface area contributed by atoms with Crippen molar-refractivity contribution in [3.63, 3.8) is 0 Å². The Kier molecular flexibility index (Phi) is 3.96. The van der Waals surface area contributed by atoms with Gasteiger partial charge >= 0.3 is 0 Å². The molecule has 1 aromatic carbocycles. The molecule has 1 aliphatic rings. The summed E-state index contributed by atoms with van der Waals surface area (Å²) in [7, 11) is 0. The predicted molar refractivity (Wildman–Crippen MR) is 82.1 cm³/mol. The molecule has 0 aliphatic carbocycles. The first-order chi connectivity index (χ1) is 10.6. The van der Waals surface area contributed by atoms with Crippen molar-refractivity contribution in [2.24, 2.45) is 0 Å². The van der Waals surface area contributed by atoms with E-state index in [9.17, 15) is 4.79 Å². The molecule has 2 aromatic rings. The van der Waals surface area contributed by atoms with Crippen LogP contribution in [0.3, 0.4) is 0 Å². The van der Waals surface area contributed by atoms with Crippen LogP contribution in [0.4, 0.5) is 0 Å². The van der Waals surface area contributed by atoms with Crippen LogP contribution in [0, 0.1) is 6.92 Å². The van der Waals surface area contributed by atoms with Gasteiger partial charge < -0.3 is 9.42 Å². The smallest absolute Gasteiger partial charge is 0.249 e. The summed E-state index contributed by atoms with van der Waals surface area (Å²) in [6.45, 7) is 6.71. The van der Waals surface area contributed by atoms with Crippen LogP contribution < -0.4 is 0 Å². The van der Waals surface area contributed by atoms with Crippen molar-refractivity contribution < 1.29 is 9.32 Å². The van der Waals surface area contributed by atoms with Crippen LogP contribution in [0.5, 0.6) is 0 Å². The van der Waals surface area contributed by atoms with Gasteiger partial charge in [0.25, 0.3) is 0 Å². The van der Waals surface area contributed by atoms with Crippen LogP contribution in [0.2, 0.25) is 0 Å². The van der Waals surface area contributed by atoms with Gasteiger partial charge in [-0.2, -0.15) is 4.98 Å². The van der Waals surface area contributed by atoms with E-state index in [4.69, 9.17) is 4.52 Å². The Morgan fingerprint density at radius 3 is 2.82 bits per heavy atom. The lowest BCUT2D eigenvalue weighted by atomic mass is 10.1. The van der Waals surface area contributed by atoms with Gasteiger partial charge in [-0.25, -0.2) is 0 Å². The van der Waals surface area contributed by atoms with Crippen LogP contribution in [0.15, 0.2) is 28.8 Å². The molecule has 0 radical (unpaired) electrons. The Bertz CT molecular complexity index is 678. The second-order valence-corrected chi connectivity index (χ2v) is 6.15. The molecule has 3 rings (SSSR count). The highest BCUT2D eigenvalue weighted by Crippen LogP contribution is 2.34. The van der Waals surface area contributed by atoms with E-state index in [2.05, 4.69) is 29.2 Å². The number of hydrogen-bond donors (Lipinski definition) is 0. The molecular weight excluding hydrogens is 278 g/mol. The van der Waals surface area contributed by atoms with Gasteiger partial charge in [-0.3, -0.25) is 4.79 Å². The second kappa shape index (κ2) is 5.91. The van der Waals surface area contributed by atoms with E-state index >= 15 is 0 Å². The fraction of sp³-hybridized carbons (Fsp3) is 0.471. The summed E-state index contributed by atoms with van der Waals surface area (Å²) in [5, 5.41) is 4.02. The zero-order valence-corrected chi connectivity index (χ0v) is 13.2. The van der Waals surface area contributed by atoms with Crippen LogP contribution in [0.1, 0.15) is 61.5 Å². The lowest BCUT2D eigenvalue weighted by Crippen LogP contribution is -2.27. The molecule has 5 heteroatoms. The SMILES string of the molecule is Cc1ccccc1CN1C(=O)CCC1c1nc(C(C)C)no1. The van der Waals surface area contributed by atoms with Crippen molar-refractivity contribution in [1.29, 1.82) is 0 Å². The van der Waals surface area contributed by atoms with E-state index in [0.717, 1.165) is 12.0 Å². The molecule has 1 amide bonds. The average molecular weight is 299 g/mol. The lowest BCUT2D eigenvalue weighted by molar-refractivity contribution is -0.130. The van der Waals surface area contributed by atoms with Gasteiger partial charge in [0, 0.05) is 18.9 Å². The maximum atomic E-state index is 12.3. The van der Waals surface area contributed by atoms with Gasteiger partial charge in [0.15, 0.2) is 5.82 Å². The summed E-state index contributed by atoms with van der Waals surface area (Å²) in [5.41, 5.74) is 2.35. The van der Waals surface area contributed by atoms with Gasteiger partial charge in [0.2, 0.25) is 11.8 Å². The summed E-state index contributed by atoms with van der Waals surface area (Å²) in [6.07, 6.45) is 1.28. The minimum absolute atomic E-state index is 0.105. The Morgan fingerprint density at radius 1 is 1.36 bits per heavy atom. The number of carbonyl (C=O) groups excluding carboxylic acids is 1. The maximum absolute atomic E-state index is 12.3. The van der Waals surface area contributed by atoms with Gasteiger partial charge in [-0.15, -0.1) is 0 Å². The minimum atomic E-state index is -0.105. The molecule has 1 aliphatic heterocycles. The number of carbonyl (C=O) groups is 1. The molecule has 1 aromatic heterocycles. The summed E-state index contributed by atoms with van der Waals surface area (Å²) in [6, 6.07) is 8.03. The quantitative estimate of drug-likeness (QED) is 0.868. The molecule has 0 spiro atoms. The largest absolute Gasteiger partial charge is 0.337 e. The Hall–Kier alpha value is -2.17. The first-order valence-corrected chi connectivity index (χ1v) is 7.73. The van der Waals surface area contributed by atoms with Crippen LogP contribution in [-0.4, -0.2) is 20.9 Å². The minimum Gasteiger partial charge on any atom is -0.337 e. The molecule has 22 heavy (non-hydrogen) atoms. The second-order valence-electron chi connectivity index (χ2n) is 6.15. The highest BCUT2D eigenvalue weighted by atomic mass is 16.5. The first-order valence-electron chi connectivity index (χ1n) is 7.73. The highest BCUT2D eigenvalue weighted by molar-refractivity contribution is 5.78. The van der Waals surface area contributed by atoms with Crippen LogP contribution in [-0.2, 0) is 11.3 Å². The number of nitrogens with zero attached hydrogens (tertiary/aromatic N) is 3. The van der Waals surface area contributed by atoms with E-state index in [-0.39, 0.29) is 17.9 Å². The summed E-state index contributed by atoms with van der Waals surface area (Å²) < 4.78 is 5.40. The van der Waals surface area contributed by atoms with Crippen molar-refractivity contribution in [2.75, 3.05) is 0 Å². The third-order valence-corrected chi connectivity index (χ3v) is 4.19. The monoisotopic (exact) mass is 299 g/mol. The average Bonchev–Trinajstić information content (AvgIpc) is 3.09. The summed E-state index contributed by atoms with van der Waals surface area (Å²) >= 11 is 0. The fourth-order valence-corrected chi connectivity index (χ4v) is 2.78. The van der Waals surface area contributed by atoms with E-state index in [1.807, 2.05) is 30.9 Å². The third kappa shape index (κ3) is 2.75. The van der Waals surface area contributed by atoms with Crippen molar-refractivity contribution in [3.8, 4) is 0 Å². The van der Waals surface area contributed by atoms with E-state index in [1.165, 1.54) is 5.56 Å². The zero-order chi connectivity index (χ0) is 15.7. The van der Waals surface area contributed by atoms with Gasteiger partial charge in [-0.05, 0) is 24.5 Å². The highest BCUT2D eigenvalue weighted by Gasteiger charge is 2.36. The molecule has 0 bridgehead atoms. The van der Waals surface area contributed by atoms with Crippen molar-refractivity contribution in [2.45, 2.75) is 52.1 Å². The number of hydrogen-bond acceptors (Lipinski definition) is 4. The topological polar surface area (TPSA) is 59.2 Å². The molecule has 0 saturated carbocycles. The standard InChI is InChI=1S/C17H21N3O2/c1-11(2)16-18-17(22-19-16)14-8-9-15(21)20(14)10-13-7-5-4-6-12(13)3/h4-7,11,14H,8-10H2,1-3H3. The van der Waals surface area contributed by atoms with Crippen molar-refractivity contribution >= 4 is 5.91 Å². The van der Waals surface area contributed by atoms with Crippen LogP contribution >= 0.6 is 0 Å². The first kappa shape index (κ1) is 14.8. The number of amides is 1. The summed E-state index contributed by atoms with van der Waals surface area (Å²) in [4.78, 5) is 18.6.